The number of hydrogen-bond acceptors (Lipinski definition) is 2. The summed E-state index contributed by atoms with van der Waals surface area (Å²) in [6.45, 7) is 3.00. The van der Waals surface area contributed by atoms with Gasteiger partial charge in [-0.2, -0.15) is 0 Å². The molecule has 0 aromatic heterocycles. The normalized spacial score (nSPS) is 19.0. The van der Waals surface area contributed by atoms with Gasteiger partial charge in [0, 0.05) is 20.2 Å². The number of likely N-dealkylation sites (tertiary alicyclic amines) is 1. The molecule has 2 amide bonds. The van der Waals surface area contributed by atoms with Crippen molar-refractivity contribution < 1.29 is 18.3 Å². The van der Waals surface area contributed by atoms with Crippen molar-refractivity contribution in [3.8, 4) is 0 Å². The molecule has 122 valence electrons. The van der Waals surface area contributed by atoms with Crippen LogP contribution in [-0.4, -0.2) is 43.2 Å². The summed E-state index contributed by atoms with van der Waals surface area (Å²) in [5, 5.41) is 2.44. The van der Waals surface area contributed by atoms with Crippen LogP contribution >= 0.6 is 0 Å². The number of benzene rings is 1. The van der Waals surface area contributed by atoms with E-state index in [9.17, 15) is 13.6 Å². The summed E-state index contributed by atoms with van der Waals surface area (Å²) in [4.78, 5) is 13.8. The van der Waals surface area contributed by atoms with Crippen molar-refractivity contribution >= 4 is 6.03 Å². The number of nitrogens with zero attached hydrogens (tertiary/aromatic N) is 1. The molecule has 1 aromatic rings. The van der Waals surface area contributed by atoms with Gasteiger partial charge in [-0.05, 0) is 25.3 Å². The maximum absolute atomic E-state index is 13.2. The smallest absolute Gasteiger partial charge is 0.318 e. The molecule has 6 heteroatoms. The molecule has 0 radical (unpaired) electrons. The molecular weight excluding hydrogens is 290 g/mol. The zero-order valence-corrected chi connectivity index (χ0v) is 12.9. The monoisotopic (exact) mass is 312 g/mol. The minimum absolute atomic E-state index is 0.238. The molecule has 1 N–H and O–H groups in total. The van der Waals surface area contributed by atoms with Crippen molar-refractivity contribution in [3.63, 3.8) is 0 Å². The second-order valence-corrected chi connectivity index (χ2v) is 5.81. The lowest BCUT2D eigenvalue weighted by Crippen LogP contribution is -2.50. The first-order valence-electron chi connectivity index (χ1n) is 7.39. The number of urea groups is 1. The van der Waals surface area contributed by atoms with Crippen molar-refractivity contribution in [3.05, 3.63) is 35.9 Å². The van der Waals surface area contributed by atoms with E-state index in [0.717, 1.165) is 0 Å². The maximum atomic E-state index is 13.2. The Kier molecular flexibility index (Phi) is 5.34. The van der Waals surface area contributed by atoms with E-state index < -0.39 is 18.5 Å². The number of ether oxygens (including phenoxy) is 1. The first-order chi connectivity index (χ1) is 10.4. The minimum atomic E-state index is -2.65. The molecule has 0 saturated carbocycles. The summed E-state index contributed by atoms with van der Waals surface area (Å²) in [5.74, 6) is 0. The van der Waals surface area contributed by atoms with E-state index in [-0.39, 0.29) is 5.60 Å². The summed E-state index contributed by atoms with van der Waals surface area (Å²) in [5.41, 5.74) is 0.169. The molecule has 1 aliphatic heterocycles. The van der Waals surface area contributed by atoms with E-state index in [1.807, 2.05) is 6.92 Å². The molecule has 0 bridgehead atoms. The molecule has 1 aromatic carbocycles. The number of piperidine rings is 1. The Morgan fingerprint density at radius 1 is 1.27 bits per heavy atom. The van der Waals surface area contributed by atoms with Crippen molar-refractivity contribution in [1.82, 2.24) is 10.2 Å². The first-order valence-corrected chi connectivity index (χ1v) is 7.39. The van der Waals surface area contributed by atoms with Crippen LogP contribution in [-0.2, 0) is 4.74 Å². The Morgan fingerprint density at radius 2 is 1.86 bits per heavy atom. The Bertz CT molecular complexity index is 488. The summed E-state index contributed by atoms with van der Waals surface area (Å²) < 4.78 is 31.9. The van der Waals surface area contributed by atoms with Crippen LogP contribution in [0.15, 0.2) is 30.3 Å². The highest BCUT2D eigenvalue weighted by Crippen LogP contribution is 2.26. The Balaban J connectivity index is 1.98. The van der Waals surface area contributed by atoms with Gasteiger partial charge in [0.15, 0.2) is 0 Å². The SMILES string of the molecule is COC1(C)CCN(C(=O)NC(c2ccccc2)C(F)F)CC1. The first kappa shape index (κ1) is 16.7. The number of hydrogen-bond donors (Lipinski definition) is 1. The van der Waals surface area contributed by atoms with Gasteiger partial charge < -0.3 is 15.0 Å². The van der Waals surface area contributed by atoms with E-state index in [1.54, 1.807) is 42.3 Å². The standard InChI is InChI=1S/C16H22F2N2O2/c1-16(22-2)8-10-20(11-9-16)15(21)19-13(14(17)18)12-6-4-3-5-7-12/h3-7,13-14H,8-11H2,1-2H3,(H,19,21). The number of halogens is 2. The van der Waals surface area contributed by atoms with Gasteiger partial charge in [0.2, 0.25) is 0 Å². The molecule has 2 rings (SSSR count). The molecule has 0 aliphatic carbocycles. The van der Waals surface area contributed by atoms with Crippen LogP contribution < -0.4 is 5.32 Å². The van der Waals surface area contributed by atoms with Gasteiger partial charge in [0.1, 0.15) is 6.04 Å². The molecule has 0 spiro atoms. The van der Waals surface area contributed by atoms with Crippen molar-refractivity contribution in [2.24, 2.45) is 0 Å². The van der Waals surface area contributed by atoms with Gasteiger partial charge in [0.25, 0.3) is 6.43 Å². The number of alkyl halides is 2. The minimum Gasteiger partial charge on any atom is -0.378 e. The average Bonchev–Trinajstić information content (AvgIpc) is 2.53. The van der Waals surface area contributed by atoms with Gasteiger partial charge in [-0.3, -0.25) is 0 Å². The molecule has 1 heterocycles. The predicted molar refractivity (Wildman–Crippen MR) is 79.9 cm³/mol. The molecule has 1 saturated heterocycles. The van der Waals surface area contributed by atoms with Gasteiger partial charge in [-0.15, -0.1) is 0 Å². The second kappa shape index (κ2) is 7.05. The number of rotatable bonds is 4. The molecule has 1 unspecified atom stereocenters. The Labute approximate surface area is 129 Å². The van der Waals surface area contributed by atoms with Crippen LogP contribution in [0.5, 0.6) is 0 Å². The lowest BCUT2D eigenvalue weighted by atomic mass is 9.93. The predicted octanol–water partition coefficient (Wildman–Crippen LogP) is 3.20. The summed E-state index contributed by atoms with van der Waals surface area (Å²) >= 11 is 0. The van der Waals surface area contributed by atoms with Gasteiger partial charge in [-0.1, -0.05) is 30.3 Å². The second-order valence-electron chi connectivity index (χ2n) is 5.81. The Hall–Kier alpha value is -1.69. The maximum Gasteiger partial charge on any atom is 0.318 e. The average molecular weight is 312 g/mol. The number of carbonyl (C=O) groups is 1. The number of amides is 2. The van der Waals surface area contributed by atoms with Gasteiger partial charge in [-0.25, -0.2) is 13.6 Å². The summed E-state index contributed by atoms with van der Waals surface area (Å²) in [7, 11) is 1.65. The van der Waals surface area contributed by atoms with Crippen molar-refractivity contribution in [2.75, 3.05) is 20.2 Å². The fourth-order valence-electron chi connectivity index (χ4n) is 2.56. The fraction of sp³-hybridized carbons (Fsp3) is 0.562. The van der Waals surface area contributed by atoms with E-state index in [0.29, 0.717) is 31.5 Å². The number of carbonyl (C=O) groups excluding carboxylic acids is 1. The van der Waals surface area contributed by atoms with E-state index >= 15 is 0 Å². The van der Waals surface area contributed by atoms with Crippen molar-refractivity contribution in [2.45, 2.75) is 37.8 Å². The molecule has 1 fully saturated rings. The third-order valence-electron chi connectivity index (χ3n) is 4.29. The third-order valence-corrected chi connectivity index (χ3v) is 4.29. The van der Waals surface area contributed by atoms with E-state index in [2.05, 4.69) is 5.32 Å². The zero-order valence-electron chi connectivity index (χ0n) is 12.9. The van der Waals surface area contributed by atoms with Gasteiger partial charge >= 0.3 is 6.03 Å². The van der Waals surface area contributed by atoms with Crippen LogP contribution in [0, 0.1) is 0 Å². The molecule has 1 atom stereocenters. The van der Waals surface area contributed by atoms with Gasteiger partial charge in [0.05, 0.1) is 5.60 Å². The van der Waals surface area contributed by atoms with Crippen LogP contribution in [0.25, 0.3) is 0 Å². The van der Waals surface area contributed by atoms with E-state index in [1.165, 1.54) is 0 Å². The van der Waals surface area contributed by atoms with Crippen LogP contribution in [0.1, 0.15) is 31.4 Å². The Morgan fingerprint density at radius 3 is 2.36 bits per heavy atom. The highest BCUT2D eigenvalue weighted by molar-refractivity contribution is 5.75. The fourth-order valence-corrected chi connectivity index (χ4v) is 2.56. The molecule has 1 aliphatic rings. The van der Waals surface area contributed by atoms with Crippen LogP contribution in [0.3, 0.4) is 0 Å². The lowest BCUT2D eigenvalue weighted by Gasteiger charge is -2.38. The third kappa shape index (κ3) is 3.94. The van der Waals surface area contributed by atoms with Crippen LogP contribution in [0.4, 0.5) is 13.6 Å². The number of methoxy groups -OCH3 is 1. The molecular formula is C16H22F2N2O2. The number of nitrogens with one attached hydrogen (secondary N) is 1. The summed E-state index contributed by atoms with van der Waals surface area (Å²) in [6.07, 6.45) is -1.26. The van der Waals surface area contributed by atoms with E-state index in [4.69, 9.17) is 4.74 Å². The highest BCUT2D eigenvalue weighted by atomic mass is 19.3. The topological polar surface area (TPSA) is 41.6 Å². The molecule has 22 heavy (non-hydrogen) atoms. The molecule has 4 nitrogen and oxygen atoms in total. The lowest BCUT2D eigenvalue weighted by molar-refractivity contribution is -0.0358. The van der Waals surface area contributed by atoms with Crippen molar-refractivity contribution in [1.29, 1.82) is 0 Å². The highest BCUT2D eigenvalue weighted by Gasteiger charge is 2.33. The van der Waals surface area contributed by atoms with Crippen LogP contribution in [0.2, 0.25) is 0 Å². The summed E-state index contributed by atoms with van der Waals surface area (Å²) in [6, 6.07) is 6.56. The zero-order chi connectivity index (χ0) is 16.2. The largest absolute Gasteiger partial charge is 0.378 e. The quantitative estimate of drug-likeness (QED) is 0.927.